The van der Waals surface area contributed by atoms with Gasteiger partial charge in [-0.3, -0.25) is 14.4 Å². The van der Waals surface area contributed by atoms with E-state index < -0.39 is 12.1 Å². The van der Waals surface area contributed by atoms with Gasteiger partial charge in [0, 0.05) is 33.2 Å². The fourth-order valence-electron chi connectivity index (χ4n) is 2.70. The van der Waals surface area contributed by atoms with Crippen LogP contribution < -0.4 is 5.32 Å². The van der Waals surface area contributed by atoms with Crippen LogP contribution in [-0.2, 0) is 14.4 Å². The molecular weight excluding hydrogens is 276 g/mol. The number of hydrogen-bond acceptors (Lipinski definition) is 5. The quantitative estimate of drug-likeness (QED) is 0.599. The van der Waals surface area contributed by atoms with E-state index in [-0.39, 0.29) is 30.8 Å². The Hall–Kier alpha value is -1.67. The lowest BCUT2D eigenvalue weighted by Crippen LogP contribution is -2.63. The van der Waals surface area contributed by atoms with E-state index in [4.69, 9.17) is 0 Å². The van der Waals surface area contributed by atoms with E-state index in [0.717, 1.165) is 13.1 Å². The van der Waals surface area contributed by atoms with Crippen LogP contribution in [0.25, 0.3) is 0 Å². The molecule has 21 heavy (non-hydrogen) atoms. The predicted molar refractivity (Wildman–Crippen MR) is 74.3 cm³/mol. The van der Waals surface area contributed by atoms with Gasteiger partial charge in [-0.1, -0.05) is 0 Å². The minimum absolute atomic E-state index is 0.109. The van der Waals surface area contributed by atoms with Crippen LogP contribution in [0.4, 0.5) is 0 Å². The molecule has 0 aromatic heterocycles. The summed E-state index contributed by atoms with van der Waals surface area (Å²) < 4.78 is 0. The maximum atomic E-state index is 12.3. The van der Waals surface area contributed by atoms with Crippen LogP contribution in [0.1, 0.15) is 6.92 Å². The van der Waals surface area contributed by atoms with E-state index in [2.05, 4.69) is 5.32 Å². The number of rotatable bonds is 3. The SMILES string of the molecule is C[C@@H](O)[C@H]1C(=O)N(CC(=O)N2CCNCC2)CC(=O)N1C. The summed E-state index contributed by atoms with van der Waals surface area (Å²) in [6.07, 6.45) is -0.969. The molecule has 118 valence electrons. The predicted octanol–water partition coefficient (Wildman–Crippen LogP) is -2.53. The average Bonchev–Trinajstić information content (AvgIpc) is 2.45. The molecular formula is C13H22N4O4. The largest absolute Gasteiger partial charge is 0.391 e. The Bertz CT molecular complexity index is 434. The van der Waals surface area contributed by atoms with Gasteiger partial charge in [0.15, 0.2) is 0 Å². The van der Waals surface area contributed by atoms with Crippen LogP contribution in [-0.4, -0.2) is 96.0 Å². The van der Waals surface area contributed by atoms with Gasteiger partial charge in [0.1, 0.15) is 19.1 Å². The monoisotopic (exact) mass is 298 g/mol. The number of carbonyl (C=O) groups excluding carboxylic acids is 3. The third-order valence-corrected chi connectivity index (χ3v) is 3.95. The van der Waals surface area contributed by atoms with Gasteiger partial charge in [-0.2, -0.15) is 0 Å². The number of aliphatic hydroxyl groups excluding tert-OH is 1. The van der Waals surface area contributed by atoms with Crippen LogP contribution in [0.3, 0.4) is 0 Å². The number of aliphatic hydroxyl groups is 1. The number of carbonyl (C=O) groups is 3. The maximum absolute atomic E-state index is 12.3. The van der Waals surface area contributed by atoms with Crippen molar-refractivity contribution in [3.8, 4) is 0 Å². The molecule has 2 rings (SSSR count). The third kappa shape index (κ3) is 3.33. The Labute approximate surface area is 123 Å². The van der Waals surface area contributed by atoms with Gasteiger partial charge in [-0.05, 0) is 6.92 Å². The van der Waals surface area contributed by atoms with Crippen LogP contribution in [0.2, 0.25) is 0 Å². The molecule has 2 N–H and O–H groups in total. The minimum Gasteiger partial charge on any atom is -0.391 e. The van der Waals surface area contributed by atoms with E-state index in [1.165, 1.54) is 23.8 Å². The molecule has 8 nitrogen and oxygen atoms in total. The summed E-state index contributed by atoms with van der Waals surface area (Å²) in [5, 5.41) is 12.8. The molecule has 0 bridgehead atoms. The van der Waals surface area contributed by atoms with Gasteiger partial charge in [0.25, 0.3) is 0 Å². The average molecular weight is 298 g/mol. The molecule has 0 unspecified atom stereocenters. The fourth-order valence-corrected chi connectivity index (χ4v) is 2.70. The second-order valence-electron chi connectivity index (χ2n) is 5.52. The molecule has 2 aliphatic heterocycles. The highest BCUT2D eigenvalue weighted by Gasteiger charge is 2.40. The van der Waals surface area contributed by atoms with Crippen LogP contribution in [0.15, 0.2) is 0 Å². The van der Waals surface area contributed by atoms with E-state index in [1.807, 2.05) is 0 Å². The molecule has 0 aromatic carbocycles. The summed E-state index contributed by atoms with van der Waals surface area (Å²) in [6.45, 7) is 3.92. The summed E-state index contributed by atoms with van der Waals surface area (Å²) >= 11 is 0. The molecule has 8 heteroatoms. The first-order valence-corrected chi connectivity index (χ1v) is 7.13. The van der Waals surface area contributed by atoms with E-state index in [0.29, 0.717) is 13.1 Å². The number of piperazine rings is 2. The molecule has 3 amide bonds. The summed E-state index contributed by atoms with van der Waals surface area (Å²) in [7, 11) is 1.49. The second kappa shape index (κ2) is 6.40. The molecule has 2 aliphatic rings. The Morgan fingerprint density at radius 1 is 1.38 bits per heavy atom. The van der Waals surface area contributed by atoms with Crippen molar-refractivity contribution in [1.29, 1.82) is 0 Å². The lowest BCUT2D eigenvalue weighted by Gasteiger charge is -2.40. The van der Waals surface area contributed by atoms with Crippen molar-refractivity contribution in [2.24, 2.45) is 0 Å². The first-order valence-electron chi connectivity index (χ1n) is 7.13. The van der Waals surface area contributed by atoms with Gasteiger partial charge in [-0.15, -0.1) is 0 Å². The second-order valence-corrected chi connectivity index (χ2v) is 5.52. The van der Waals surface area contributed by atoms with Crippen LogP contribution >= 0.6 is 0 Å². The maximum Gasteiger partial charge on any atom is 0.248 e. The molecule has 2 saturated heterocycles. The number of hydrogen-bond donors (Lipinski definition) is 2. The van der Waals surface area contributed by atoms with Crippen LogP contribution in [0.5, 0.6) is 0 Å². The summed E-state index contributed by atoms with van der Waals surface area (Å²) in [4.78, 5) is 40.6. The van der Waals surface area contributed by atoms with Crippen molar-refractivity contribution in [2.45, 2.75) is 19.1 Å². The van der Waals surface area contributed by atoms with Crippen molar-refractivity contribution in [3.05, 3.63) is 0 Å². The normalized spacial score (nSPS) is 25.3. The Kier molecular flexibility index (Phi) is 4.79. The highest BCUT2D eigenvalue weighted by atomic mass is 16.3. The van der Waals surface area contributed by atoms with Gasteiger partial charge in [-0.25, -0.2) is 0 Å². The minimum atomic E-state index is -0.969. The summed E-state index contributed by atoms with van der Waals surface area (Å²) in [5.74, 6) is -0.809. The summed E-state index contributed by atoms with van der Waals surface area (Å²) in [5.41, 5.74) is 0. The number of likely N-dealkylation sites (N-methyl/N-ethyl adjacent to an activating group) is 1. The highest BCUT2D eigenvalue weighted by Crippen LogP contribution is 2.14. The van der Waals surface area contributed by atoms with Gasteiger partial charge < -0.3 is 25.1 Å². The van der Waals surface area contributed by atoms with Crippen LogP contribution in [0, 0.1) is 0 Å². The van der Waals surface area contributed by atoms with Gasteiger partial charge in [0.2, 0.25) is 17.7 Å². The number of amides is 3. The zero-order valence-electron chi connectivity index (χ0n) is 12.4. The first kappa shape index (κ1) is 15.7. The van der Waals surface area contributed by atoms with Crippen molar-refractivity contribution < 1.29 is 19.5 Å². The standard InChI is InChI=1S/C13H22N4O4/c1-9(18)12-13(21)17(7-10(19)15(12)2)8-11(20)16-5-3-14-4-6-16/h9,12,14,18H,3-8H2,1-2H3/t9-,12+/m1/s1. The fraction of sp³-hybridized carbons (Fsp3) is 0.769. The van der Waals surface area contributed by atoms with Crippen molar-refractivity contribution in [2.75, 3.05) is 46.3 Å². The van der Waals surface area contributed by atoms with Gasteiger partial charge in [0.05, 0.1) is 6.10 Å². The lowest BCUT2D eigenvalue weighted by molar-refractivity contribution is -0.160. The molecule has 0 radical (unpaired) electrons. The number of nitrogens with one attached hydrogen (secondary N) is 1. The third-order valence-electron chi connectivity index (χ3n) is 3.95. The van der Waals surface area contributed by atoms with E-state index >= 15 is 0 Å². The molecule has 2 heterocycles. The Balaban J connectivity index is 2.03. The molecule has 0 spiro atoms. The smallest absolute Gasteiger partial charge is 0.248 e. The van der Waals surface area contributed by atoms with Crippen molar-refractivity contribution in [1.82, 2.24) is 20.0 Å². The molecule has 2 fully saturated rings. The summed E-state index contributed by atoms with van der Waals surface area (Å²) in [6, 6.07) is -0.915. The zero-order valence-corrected chi connectivity index (χ0v) is 12.4. The topological polar surface area (TPSA) is 93.2 Å². The van der Waals surface area contributed by atoms with E-state index in [1.54, 1.807) is 4.90 Å². The molecule has 0 aromatic rings. The lowest BCUT2D eigenvalue weighted by atomic mass is 10.1. The number of nitrogens with zero attached hydrogens (tertiary/aromatic N) is 3. The Morgan fingerprint density at radius 3 is 2.57 bits per heavy atom. The molecule has 0 saturated carbocycles. The van der Waals surface area contributed by atoms with Crippen molar-refractivity contribution in [3.63, 3.8) is 0 Å². The molecule has 0 aliphatic carbocycles. The Morgan fingerprint density at radius 2 is 2.00 bits per heavy atom. The molecule has 2 atom stereocenters. The van der Waals surface area contributed by atoms with Crippen molar-refractivity contribution >= 4 is 17.7 Å². The zero-order chi connectivity index (χ0) is 15.6. The van der Waals surface area contributed by atoms with Gasteiger partial charge >= 0.3 is 0 Å². The highest BCUT2D eigenvalue weighted by molar-refractivity contribution is 5.97. The first-order chi connectivity index (χ1) is 9.91. The van der Waals surface area contributed by atoms with E-state index in [9.17, 15) is 19.5 Å².